The number of likely N-dealkylation sites (tertiary alicyclic amines) is 1. The lowest BCUT2D eigenvalue weighted by molar-refractivity contribution is -0.121. The van der Waals surface area contributed by atoms with Gasteiger partial charge in [-0.2, -0.15) is 0 Å². The Morgan fingerprint density at radius 2 is 1.71 bits per heavy atom. The van der Waals surface area contributed by atoms with Gasteiger partial charge in [0.05, 0.1) is 4.88 Å². The molecule has 0 unspecified atom stereocenters. The average molecular weight is 400 g/mol. The molecule has 1 aromatic heterocycles. The van der Waals surface area contributed by atoms with E-state index >= 15 is 0 Å². The standard InChI is InChI=1S/C21H25N3O3S/c1-14(2)19(25)22-16-5-3-6-17(13-16)23-20(26)15-8-10-24(11-9-15)21(27)18-7-4-12-28-18/h3-7,12-15H,8-11H2,1-2H3,(H,22,25)(H,23,26). The fraction of sp³-hybridized carbons (Fsp3) is 0.381. The molecule has 0 atom stereocenters. The largest absolute Gasteiger partial charge is 0.338 e. The zero-order valence-electron chi connectivity index (χ0n) is 16.1. The summed E-state index contributed by atoms with van der Waals surface area (Å²) in [7, 11) is 0. The van der Waals surface area contributed by atoms with Crippen molar-refractivity contribution in [1.29, 1.82) is 0 Å². The van der Waals surface area contributed by atoms with Crippen LogP contribution < -0.4 is 10.6 Å². The van der Waals surface area contributed by atoms with E-state index in [-0.39, 0.29) is 29.6 Å². The second-order valence-electron chi connectivity index (χ2n) is 7.26. The number of hydrogen-bond donors (Lipinski definition) is 2. The summed E-state index contributed by atoms with van der Waals surface area (Å²) >= 11 is 1.44. The number of nitrogens with zero attached hydrogens (tertiary/aromatic N) is 1. The van der Waals surface area contributed by atoms with Crippen LogP contribution in [0.2, 0.25) is 0 Å². The molecule has 148 valence electrons. The molecule has 1 aliphatic rings. The van der Waals surface area contributed by atoms with E-state index in [0.717, 1.165) is 4.88 Å². The molecular weight excluding hydrogens is 374 g/mol. The van der Waals surface area contributed by atoms with Crippen molar-refractivity contribution in [3.63, 3.8) is 0 Å². The Balaban J connectivity index is 1.53. The van der Waals surface area contributed by atoms with Gasteiger partial charge in [0.25, 0.3) is 5.91 Å². The Kier molecular flexibility index (Phi) is 6.46. The van der Waals surface area contributed by atoms with Crippen molar-refractivity contribution in [3.8, 4) is 0 Å². The molecule has 3 amide bonds. The van der Waals surface area contributed by atoms with Crippen LogP contribution in [-0.2, 0) is 9.59 Å². The molecule has 1 aromatic carbocycles. The molecule has 7 heteroatoms. The van der Waals surface area contributed by atoms with Crippen LogP contribution in [0.15, 0.2) is 41.8 Å². The number of thiophene rings is 1. The maximum Gasteiger partial charge on any atom is 0.263 e. The first kappa shape index (κ1) is 20.1. The van der Waals surface area contributed by atoms with Crippen LogP contribution in [0.4, 0.5) is 11.4 Å². The number of anilines is 2. The molecule has 1 aliphatic heterocycles. The lowest BCUT2D eigenvalue weighted by atomic mass is 9.95. The summed E-state index contributed by atoms with van der Waals surface area (Å²) in [4.78, 5) is 39.4. The lowest BCUT2D eigenvalue weighted by Gasteiger charge is -2.31. The fourth-order valence-corrected chi connectivity index (χ4v) is 3.80. The van der Waals surface area contributed by atoms with Crippen molar-refractivity contribution in [2.75, 3.05) is 23.7 Å². The van der Waals surface area contributed by atoms with Crippen molar-refractivity contribution >= 4 is 40.4 Å². The Hall–Kier alpha value is -2.67. The van der Waals surface area contributed by atoms with E-state index in [9.17, 15) is 14.4 Å². The maximum absolute atomic E-state index is 12.6. The van der Waals surface area contributed by atoms with Crippen LogP contribution in [0.1, 0.15) is 36.4 Å². The van der Waals surface area contributed by atoms with Gasteiger partial charge in [-0.15, -0.1) is 11.3 Å². The number of benzene rings is 1. The molecule has 3 rings (SSSR count). The zero-order valence-corrected chi connectivity index (χ0v) is 16.9. The molecule has 6 nitrogen and oxygen atoms in total. The molecule has 2 N–H and O–H groups in total. The molecule has 2 heterocycles. The van der Waals surface area contributed by atoms with E-state index < -0.39 is 0 Å². The maximum atomic E-state index is 12.6. The van der Waals surface area contributed by atoms with Gasteiger partial charge in [0, 0.05) is 36.3 Å². The molecule has 0 saturated carbocycles. The van der Waals surface area contributed by atoms with Gasteiger partial charge in [-0.05, 0) is 42.5 Å². The quantitative estimate of drug-likeness (QED) is 0.802. The Morgan fingerprint density at radius 1 is 1.04 bits per heavy atom. The number of nitrogens with one attached hydrogen (secondary N) is 2. The molecule has 0 spiro atoms. The third-order valence-corrected chi connectivity index (χ3v) is 5.66. The highest BCUT2D eigenvalue weighted by Gasteiger charge is 2.28. The zero-order chi connectivity index (χ0) is 20.1. The Morgan fingerprint density at radius 3 is 2.32 bits per heavy atom. The minimum absolute atomic E-state index is 0.0439. The summed E-state index contributed by atoms with van der Waals surface area (Å²) in [6, 6.07) is 10.9. The summed E-state index contributed by atoms with van der Waals surface area (Å²) < 4.78 is 0. The van der Waals surface area contributed by atoms with Crippen molar-refractivity contribution in [2.45, 2.75) is 26.7 Å². The highest BCUT2D eigenvalue weighted by molar-refractivity contribution is 7.12. The van der Waals surface area contributed by atoms with E-state index in [1.807, 2.05) is 36.3 Å². The van der Waals surface area contributed by atoms with E-state index in [4.69, 9.17) is 0 Å². The van der Waals surface area contributed by atoms with Gasteiger partial charge in [-0.3, -0.25) is 14.4 Å². The summed E-state index contributed by atoms with van der Waals surface area (Å²) in [6.07, 6.45) is 1.29. The first-order valence-electron chi connectivity index (χ1n) is 9.48. The van der Waals surface area contributed by atoms with Gasteiger partial charge in [0.2, 0.25) is 11.8 Å². The van der Waals surface area contributed by atoms with Crippen LogP contribution in [0.5, 0.6) is 0 Å². The third-order valence-electron chi connectivity index (χ3n) is 4.81. The molecule has 0 bridgehead atoms. The number of carbonyl (C=O) groups excluding carboxylic acids is 3. The number of hydrogen-bond acceptors (Lipinski definition) is 4. The summed E-state index contributed by atoms with van der Waals surface area (Å²) in [6.45, 7) is 4.83. The summed E-state index contributed by atoms with van der Waals surface area (Å²) in [5, 5.41) is 7.66. The van der Waals surface area contributed by atoms with Crippen molar-refractivity contribution in [2.24, 2.45) is 11.8 Å². The molecule has 1 fully saturated rings. The van der Waals surface area contributed by atoms with Crippen molar-refractivity contribution < 1.29 is 14.4 Å². The minimum Gasteiger partial charge on any atom is -0.338 e. The summed E-state index contributed by atoms with van der Waals surface area (Å²) in [5.74, 6) is -0.300. The van der Waals surface area contributed by atoms with Gasteiger partial charge < -0.3 is 15.5 Å². The smallest absolute Gasteiger partial charge is 0.263 e. The average Bonchev–Trinajstić information content (AvgIpc) is 3.22. The van der Waals surface area contributed by atoms with Crippen LogP contribution in [0.3, 0.4) is 0 Å². The minimum atomic E-state index is -0.124. The monoisotopic (exact) mass is 399 g/mol. The number of rotatable bonds is 5. The molecule has 0 aliphatic carbocycles. The highest BCUT2D eigenvalue weighted by Crippen LogP contribution is 2.23. The predicted molar refractivity (Wildman–Crippen MR) is 111 cm³/mol. The van der Waals surface area contributed by atoms with E-state index in [1.54, 1.807) is 24.3 Å². The van der Waals surface area contributed by atoms with Crippen LogP contribution in [0, 0.1) is 11.8 Å². The fourth-order valence-electron chi connectivity index (χ4n) is 3.11. The number of carbonyl (C=O) groups is 3. The van der Waals surface area contributed by atoms with E-state index in [2.05, 4.69) is 10.6 Å². The van der Waals surface area contributed by atoms with Gasteiger partial charge in [-0.25, -0.2) is 0 Å². The van der Waals surface area contributed by atoms with Gasteiger partial charge in [-0.1, -0.05) is 26.0 Å². The Labute approximate surface area is 168 Å². The molecule has 1 saturated heterocycles. The third kappa shape index (κ3) is 4.98. The molecule has 0 radical (unpaired) electrons. The van der Waals surface area contributed by atoms with Crippen LogP contribution in [-0.4, -0.2) is 35.7 Å². The molecular formula is C21H25N3O3S. The number of piperidine rings is 1. The first-order valence-corrected chi connectivity index (χ1v) is 10.4. The van der Waals surface area contributed by atoms with Gasteiger partial charge in [0.15, 0.2) is 0 Å². The van der Waals surface area contributed by atoms with Crippen LogP contribution in [0.25, 0.3) is 0 Å². The number of amides is 3. The topological polar surface area (TPSA) is 78.5 Å². The second kappa shape index (κ2) is 9.01. The highest BCUT2D eigenvalue weighted by atomic mass is 32.1. The van der Waals surface area contributed by atoms with Gasteiger partial charge >= 0.3 is 0 Å². The van der Waals surface area contributed by atoms with E-state index in [0.29, 0.717) is 37.3 Å². The van der Waals surface area contributed by atoms with Crippen LogP contribution >= 0.6 is 11.3 Å². The van der Waals surface area contributed by atoms with E-state index in [1.165, 1.54) is 11.3 Å². The molecule has 2 aromatic rings. The second-order valence-corrected chi connectivity index (χ2v) is 8.21. The predicted octanol–water partition coefficient (Wildman–Crippen LogP) is 3.83. The molecule has 28 heavy (non-hydrogen) atoms. The lowest BCUT2D eigenvalue weighted by Crippen LogP contribution is -2.41. The summed E-state index contributed by atoms with van der Waals surface area (Å²) in [5.41, 5.74) is 1.32. The van der Waals surface area contributed by atoms with Crippen molar-refractivity contribution in [1.82, 2.24) is 4.90 Å². The van der Waals surface area contributed by atoms with Gasteiger partial charge in [0.1, 0.15) is 0 Å². The SMILES string of the molecule is CC(C)C(=O)Nc1cccc(NC(=O)C2CCN(C(=O)c3cccs3)CC2)c1. The Bertz CT molecular complexity index is 840. The normalized spacial score (nSPS) is 14.8. The first-order chi connectivity index (χ1) is 13.4. The van der Waals surface area contributed by atoms with Crippen molar-refractivity contribution in [3.05, 3.63) is 46.7 Å².